The number of halogens is 1. The van der Waals surface area contributed by atoms with Gasteiger partial charge in [0.05, 0.1) is 4.90 Å². The Kier molecular flexibility index (Phi) is 1.79. The molecule has 0 spiro atoms. The van der Waals surface area contributed by atoms with Crippen molar-refractivity contribution in [3.63, 3.8) is 0 Å². The lowest BCUT2D eigenvalue weighted by Gasteiger charge is -2.00. The van der Waals surface area contributed by atoms with Crippen molar-refractivity contribution >= 4 is 15.4 Å². The lowest BCUT2D eigenvalue weighted by atomic mass is 10.1. The predicted octanol–water partition coefficient (Wildman–Crippen LogP) is 2.44. The van der Waals surface area contributed by atoms with E-state index in [1.807, 2.05) is 6.92 Å². The summed E-state index contributed by atoms with van der Waals surface area (Å²) in [5.41, 5.74) is 1.62. The van der Waals surface area contributed by atoms with Crippen LogP contribution in [0.15, 0.2) is 28.3 Å². The Hall–Kier alpha value is -1.16. The molecule has 2 rings (SSSR count). The van der Waals surface area contributed by atoms with E-state index < -0.39 is 15.0 Å². The smallest absolute Gasteiger partial charge is 0.216 e. The van der Waals surface area contributed by atoms with Crippen LogP contribution < -0.4 is 0 Å². The van der Waals surface area contributed by atoms with Crippen LogP contribution in [0.5, 0.6) is 0 Å². The summed E-state index contributed by atoms with van der Waals surface area (Å²) in [6, 6.07) is 4.81. The molecule has 2 nitrogen and oxygen atoms in total. The maximum atomic E-state index is 13.3. The van der Waals surface area contributed by atoms with E-state index >= 15 is 0 Å². The fourth-order valence-electron chi connectivity index (χ4n) is 1.58. The van der Waals surface area contributed by atoms with Crippen LogP contribution in [0.4, 0.5) is 4.39 Å². The van der Waals surface area contributed by atoms with E-state index in [0.29, 0.717) is 5.56 Å². The lowest BCUT2D eigenvalue weighted by Crippen LogP contribution is -1.96. The molecule has 1 aromatic rings. The first-order valence-electron chi connectivity index (χ1n) is 4.17. The Bertz CT molecular complexity index is 541. The second-order valence-corrected chi connectivity index (χ2v) is 5.21. The summed E-state index contributed by atoms with van der Waals surface area (Å²) in [5, 5.41) is -1.02. The maximum Gasteiger partial charge on any atom is 0.234 e. The van der Waals surface area contributed by atoms with Gasteiger partial charge in [-0.2, -0.15) is 4.39 Å². The summed E-state index contributed by atoms with van der Waals surface area (Å²) in [5.74, 6) is 0. The minimum Gasteiger partial charge on any atom is -0.216 e. The van der Waals surface area contributed by atoms with E-state index in [-0.39, 0.29) is 10.5 Å². The van der Waals surface area contributed by atoms with Crippen molar-refractivity contribution in [1.29, 1.82) is 0 Å². The molecule has 0 amide bonds. The Morgan fingerprint density at radius 2 is 1.86 bits per heavy atom. The zero-order chi connectivity index (χ0) is 10.5. The van der Waals surface area contributed by atoms with Crippen molar-refractivity contribution in [2.45, 2.75) is 18.7 Å². The molecule has 0 unspecified atom stereocenters. The highest BCUT2D eigenvalue weighted by Crippen LogP contribution is 2.39. The van der Waals surface area contributed by atoms with Crippen LogP contribution in [0, 0.1) is 6.92 Å². The van der Waals surface area contributed by atoms with Crippen LogP contribution >= 0.6 is 0 Å². The summed E-state index contributed by atoms with van der Waals surface area (Å²) in [4.78, 5) is 0.0816. The quantitative estimate of drug-likeness (QED) is 0.662. The van der Waals surface area contributed by atoms with Crippen molar-refractivity contribution in [2.24, 2.45) is 0 Å². The first kappa shape index (κ1) is 9.40. The molecule has 0 aliphatic carbocycles. The van der Waals surface area contributed by atoms with Crippen LogP contribution in [0.3, 0.4) is 0 Å². The number of sulfone groups is 1. The van der Waals surface area contributed by atoms with E-state index in [4.69, 9.17) is 0 Å². The van der Waals surface area contributed by atoms with Crippen molar-refractivity contribution < 1.29 is 12.8 Å². The zero-order valence-electron chi connectivity index (χ0n) is 7.83. The lowest BCUT2D eigenvalue weighted by molar-refractivity contribution is 0.581. The van der Waals surface area contributed by atoms with E-state index in [2.05, 4.69) is 0 Å². The molecule has 0 saturated carbocycles. The number of benzene rings is 1. The van der Waals surface area contributed by atoms with Gasteiger partial charge in [0.15, 0.2) is 0 Å². The average Bonchev–Trinajstić information content (AvgIpc) is 2.28. The molecule has 1 heterocycles. The SMILES string of the molecule is CC1=C(F)S(=O)(=O)c2ccc(C)cc21. The summed E-state index contributed by atoms with van der Waals surface area (Å²) in [7, 11) is -3.84. The highest BCUT2D eigenvalue weighted by atomic mass is 32.2. The van der Waals surface area contributed by atoms with E-state index in [9.17, 15) is 12.8 Å². The molecule has 0 fully saturated rings. The topological polar surface area (TPSA) is 34.1 Å². The van der Waals surface area contributed by atoms with Crippen molar-refractivity contribution in [2.75, 3.05) is 0 Å². The third-order valence-electron chi connectivity index (χ3n) is 2.36. The number of hydrogen-bond donors (Lipinski definition) is 0. The molecule has 4 heteroatoms. The third kappa shape index (κ3) is 1.04. The number of rotatable bonds is 0. The van der Waals surface area contributed by atoms with Crippen LogP contribution in [0.2, 0.25) is 0 Å². The fourth-order valence-corrected chi connectivity index (χ4v) is 3.03. The first-order valence-corrected chi connectivity index (χ1v) is 5.65. The molecule has 1 aliphatic rings. The monoisotopic (exact) mass is 212 g/mol. The first-order chi connectivity index (χ1) is 6.44. The van der Waals surface area contributed by atoms with Gasteiger partial charge in [-0.1, -0.05) is 17.7 Å². The minimum atomic E-state index is -3.84. The van der Waals surface area contributed by atoms with E-state index in [1.54, 1.807) is 12.1 Å². The van der Waals surface area contributed by atoms with Crippen molar-refractivity contribution in [3.8, 4) is 0 Å². The van der Waals surface area contributed by atoms with Crippen molar-refractivity contribution in [1.82, 2.24) is 0 Å². The van der Waals surface area contributed by atoms with Gasteiger partial charge < -0.3 is 0 Å². The van der Waals surface area contributed by atoms with Gasteiger partial charge in [0.2, 0.25) is 15.0 Å². The summed E-state index contributed by atoms with van der Waals surface area (Å²) in [6.45, 7) is 3.33. The predicted molar refractivity (Wildman–Crippen MR) is 52.1 cm³/mol. The highest BCUT2D eigenvalue weighted by Gasteiger charge is 2.33. The molecule has 0 bridgehead atoms. The summed E-state index contributed by atoms with van der Waals surface area (Å²) >= 11 is 0. The van der Waals surface area contributed by atoms with E-state index in [1.165, 1.54) is 13.0 Å². The summed E-state index contributed by atoms with van der Waals surface area (Å²) < 4.78 is 36.3. The number of fused-ring (bicyclic) bond motifs is 1. The number of aryl methyl sites for hydroxylation is 1. The van der Waals surface area contributed by atoms with Gasteiger partial charge in [0.1, 0.15) is 0 Å². The number of hydrogen-bond acceptors (Lipinski definition) is 2. The van der Waals surface area contributed by atoms with Crippen LogP contribution in [0.1, 0.15) is 18.1 Å². The molecular weight excluding hydrogens is 203 g/mol. The molecule has 74 valence electrons. The molecule has 1 aliphatic heterocycles. The fraction of sp³-hybridized carbons (Fsp3) is 0.200. The Morgan fingerprint density at radius 3 is 2.50 bits per heavy atom. The van der Waals surface area contributed by atoms with Crippen LogP contribution in [-0.4, -0.2) is 8.42 Å². The second kappa shape index (κ2) is 2.67. The van der Waals surface area contributed by atoms with Gasteiger partial charge in [0.25, 0.3) is 0 Å². The average molecular weight is 212 g/mol. The Morgan fingerprint density at radius 1 is 1.21 bits per heavy atom. The van der Waals surface area contributed by atoms with Crippen LogP contribution in [0.25, 0.3) is 5.57 Å². The van der Waals surface area contributed by atoms with Gasteiger partial charge in [-0.25, -0.2) is 8.42 Å². The molecule has 0 saturated heterocycles. The standard InChI is InChI=1S/C10H9FO2S/c1-6-3-4-9-8(5-6)7(2)10(11)14(9,12)13/h3-5H,1-2H3. The molecule has 0 aromatic heterocycles. The number of allylic oxidation sites excluding steroid dienone is 1. The molecule has 0 radical (unpaired) electrons. The van der Waals surface area contributed by atoms with Gasteiger partial charge in [-0.05, 0) is 19.9 Å². The Labute approximate surface area is 82.0 Å². The van der Waals surface area contributed by atoms with Gasteiger partial charge in [-0.3, -0.25) is 0 Å². The second-order valence-electron chi connectivity index (χ2n) is 3.40. The van der Waals surface area contributed by atoms with Gasteiger partial charge >= 0.3 is 0 Å². The van der Waals surface area contributed by atoms with Crippen LogP contribution in [-0.2, 0) is 9.84 Å². The molecule has 1 aromatic carbocycles. The normalized spacial score (nSPS) is 18.5. The largest absolute Gasteiger partial charge is 0.234 e. The van der Waals surface area contributed by atoms with Crippen molar-refractivity contribution in [3.05, 3.63) is 34.5 Å². The van der Waals surface area contributed by atoms with Gasteiger partial charge in [0, 0.05) is 11.1 Å². The third-order valence-corrected chi connectivity index (χ3v) is 4.07. The highest BCUT2D eigenvalue weighted by molar-refractivity contribution is 7.95. The molecule has 14 heavy (non-hydrogen) atoms. The van der Waals surface area contributed by atoms with E-state index in [0.717, 1.165) is 5.56 Å². The Balaban J connectivity index is 2.87. The molecular formula is C10H9FO2S. The zero-order valence-corrected chi connectivity index (χ0v) is 8.65. The minimum absolute atomic E-state index is 0.0816. The summed E-state index contributed by atoms with van der Waals surface area (Å²) in [6.07, 6.45) is 0. The van der Waals surface area contributed by atoms with Gasteiger partial charge in [-0.15, -0.1) is 0 Å². The maximum absolute atomic E-state index is 13.3. The molecule has 0 N–H and O–H groups in total. The molecule has 0 atom stereocenters.